The first kappa shape index (κ1) is 26.9. The van der Waals surface area contributed by atoms with Crippen LogP contribution in [0.3, 0.4) is 0 Å². The Balaban J connectivity index is 0.00000199. The number of nitrogens with one attached hydrogen (secondary N) is 2. The number of esters is 1. The second-order valence-corrected chi connectivity index (χ2v) is 10.5. The van der Waals surface area contributed by atoms with E-state index in [9.17, 15) is 21.6 Å². The third-order valence-corrected chi connectivity index (χ3v) is 7.35. The number of benzene rings is 3. The molecule has 3 rings (SSSR count). The van der Waals surface area contributed by atoms with E-state index in [-0.39, 0.29) is 26.7 Å². The molecule has 0 saturated carbocycles. The first-order chi connectivity index (χ1) is 16.0. The molecule has 0 atom stereocenters. The number of hydrogen-bond acceptors (Lipinski definition) is 6. The van der Waals surface area contributed by atoms with Gasteiger partial charge in [-0.1, -0.05) is 49.2 Å². The van der Waals surface area contributed by atoms with Crippen molar-refractivity contribution in [2.24, 2.45) is 0 Å². The van der Waals surface area contributed by atoms with Gasteiger partial charge >= 0.3 is 5.97 Å². The topological polar surface area (TPSA) is 119 Å². The molecule has 0 unspecified atom stereocenters. The van der Waals surface area contributed by atoms with Gasteiger partial charge < -0.3 is 4.74 Å². The third-order valence-electron chi connectivity index (χ3n) is 4.59. The number of carbonyl (C=O) groups excluding carboxylic acids is 1. The predicted octanol–water partition coefficient (Wildman–Crippen LogP) is 4.72. The van der Waals surface area contributed by atoms with Gasteiger partial charge in [0.25, 0.3) is 20.0 Å². The fourth-order valence-electron chi connectivity index (χ4n) is 2.80. The van der Waals surface area contributed by atoms with Crippen LogP contribution in [0.15, 0.2) is 76.5 Å². The molecule has 3 aromatic rings. The summed E-state index contributed by atoms with van der Waals surface area (Å²) < 4.78 is 60.9. The van der Waals surface area contributed by atoms with Crippen molar-refractivity contribution in [3.63, 3.8) is 0 Å². The fraction of sp³-hybridized carbons (Fsp3) is 0.208. The average Bonchev–Trinajstić information content (AvgIpc) is 2.81. The van der Waals surface area contributed by atoms with Gasteiger partial charge in [-0.05, 0) is 56.3 Å². The van der Waals surface area contributed by atoms with Gasteiger partial charge in [-0.15, -0.1) is 0 Å². The van der Waals surface area contributed by atoms with Gasteiger partial charge in [0.15, 0.2) is 0 Å². The molecule has 0 aliphatic carbocycles. The molecule has 0 bridgehead atoms. The maximum Gasteiger partial charge on any atom is 0.337 e. The van der Waals surface area contributed by atoms with E-state index >= 15 is 0 Å². The highest BCUT2D eigenvalue weighted by molar-refractivity contribution is 7.93. The largest absolute Gasteiger partial charge is 0.465 e. The zero-order chi connectivity index (χ0) is 25.5. The van der Waals surface area contributed by atoms with Crippen molar-refractivity contribution in [2.75, 3.05) is 16.6 Å². The van der Waals surface area contributed by atoms with E-state index in [4.69, 9.17) is 0 Å². The lowest BCUT2D eigenvalue weighted by molar-refractivity contribution is 0.0601. The lowest BCUT2D eigenvalue weighted by Crippen LogP contribution is -2.18. The number of rotatable bonds is 7. The number of aryl methyl sites for hydroxylation is 2. The zero-order valence-electron chi connectivity index (χ0n) is 19.6. The van der Waals surface area contributed by atoms with Crippen LogP contribution >= 0.6 is 0 Å². The highest BCUT2D eigenvalue weighted by Gasteiger charge is 2.21. The second kappa shape index (κ2) is 11.2. The summed E-state index contributed by atoms with van der Waals surface area (Å²) in [6.45, 7) is 7.65. The molecule has 0 amide bonds. The maximum absolute atomic E-state index is 12.9. The Bertz CT molecular complexity index is 1350. The van der Waals surface area contributed by atoms with Gasteiger partial charge in [-0.25, -0.2) is 21.6 Å². The lowest BCUT2D eigenvalue weighted by Gasteiger charge is -2.16. The summed E-state index contributed by atoms with van der Waals surface area (Å²) in [5.41, 5.74) is 1.64. The Morgan fingerprint density at radius 3 is 1.50 bits per heavy atom. The van der Waals surface area contributed by atoms with E-state index in [0.717, 1.165) is 11.1 Å². The van der Waals surface area contributed by atoms with E-state index in [1.807, 2.05) is 27.7 Å². The molecule has 0 aromatic heterocycles. The molecule has 0 heterocycles. The van der Waals surface area contributed by atoms with Crippen molar-refractivity contribution in [2.45, 2.75) is 37.5 Å². The first-order valence-electron chi connectivity index (χ1n) is 10.4. The summed E-state index contributed by atoms with van der Waals surface area (Å²) in [7, 11) is -6.90. The smallest absolute Gasteiger partial charge is 0.337 e. The van der Waals surface area contributed by atoms with Crippen LogP contribution in [0.5, 0.6) is 0 Å². The molecule has 0 fully saturated rings. The molecule has 0 spiro atoms. The van der Waals surface area contributed by atoms with Crippen molar-refractivity contribution in [3.05, 3.63) is 83.4 Å². The van der Waals surface area contributed by atoms with Crippen molar-refractivity contribution in [1.82, 2.24) is 0 Å². The van der Waals surface area contributed by atoms with Crippen molar-refractivity contribution >= 4 is 37.4 Å². The van der Waals surface area contributed by atoms with Crippen molar-refractivity contribution < 1.29 is 26.4 Å². The number of ether oxygens (including phenoxy) is 1. The Hall–Kier alpha value is -3.37. The van der Waals surface area contributed by atoms with Gasteiger partial charge in [0.1, 0.15) is 0 Å². The molecule has 182 valence electrons. The van der Waals surface area contributed by atoms with Crippen LogP contribution < -0.4 is 9.44 Å². The van der Waals surface area contributed by atoms with E-state index in [0.29, 0.717) is 0 Å². The SMILES string of the molecule is CC.COC(=O)c1ccc(NS(=O)(=O)c2ccc(C)cc2)c(NS(=O)(=O)c2ccc(C)cc2)c1. The Morgan fingerprint density at radius 2 is 1.09 bits per heavy atom. The van der Waals surface area contributed by atoms with E-state index in [2.05, 4.69) is 14.2 Å². The maximum atomic E-state index is 12.9. The number of anilines is 2. The van der Waals surface area contributed by atoms with Crippen LogP contribution in [-0.2, 0) is 24.8 Å². The monoisotopic (exact) mass is 504 g/mol. The minimum atomic E-state index is -4.06. The molecule has 10 heteroatoms. The molecular formula is C24H28N2O6S2. The lowest BCUT2D eigenvalue weighted by atomic mass is 10.2. The van der Waals surface area contributed by atoms with Gasteiger partial charge in [0, 0.05) is 0 Å². The first-order valence-corrected chi connectivity index (χ1v) is 13.4. The number of hydrogen-bond donors (Lipinski definition) is 2. The Labute approximate surface area is 201 Å². The molecule has 0 aliphatic rings. The second-order valence-electron chi connectivity index (χ2n) is 7.09. The molecule has 0 saturated heterocycles. The summed E-state index contributed by atoms with van der Waals surface area (Å²) in [4.78, 5) is 11.9. The summed E-state index contributed by atoms with van der Waals surface area (Å²) in [6.07, 6.45) is 0. The quantitative estimate of drug-likeness (QED) is 0.450. The highest BCUT2D eigenvalue weighted by Crippen LogP contribution is 2.29. The zero-order valence-corrected chi connectivity index (χ0v) is 21.2. The van der Waals surface area contributed by atoms with Crippen LogP contribution in [0.4, 0.5) is 11.4 Å². The van der Waals surface area contributed by atoms with Gasteiger partial charge in [-0.2, -0.15) is 0 Å². The van der Waals surface area contributed by atoms with Crippen LogP contribution in [0.2, 0.25) is 0 Å². The Morgan fingerprint density at radius 1 is 0.676 bits per heavy atom. The summed E-state index contributed by atoms with van der Waals surface area (Å²) in [5.74, 6) is -0.700. The number of sulfonamides is 2. The Kier molecular flexibility index (Phi) is 8.83. The molecule has 3 aromatic carbocycles. The predicted molar refractivity (Wildman–Crippen MR) is 133 cm³/mol. The van der Waals surface area contributed by atoms with Crippen LogP contribution in [0.25, 0.3) is 0 Å². The average molecular weight is 505 g/mol. The van der Waals surface area contributed by atoms with E-state index in [1.54, 1.807) is 24.3 Å². The molecule has 2 N–H and O–H groups in total. The van der Waals surface area contributed by atoms with Crippen LogP contribution in [0, 0.1) is 13.8 Å². The van der Waals surface area contributed by atoms with E-state index < -0.39 is 26.0 Å². The van der Waals surface area contributed by atoms with Gasteiger partial charge in [-0.3, -0.25) is 9.44 Å². The summed E-state index contributed by atoms with van der Waals surface area (Å²) in [5, 5.41) is 0. The normalized spacial score (nSPS) is 11.1. The van der Waals surface area contributed by atoms with Crippen LogP contribution in [0.1, 0.15) is 35.3 Å². The van der Waals surface area contributed by atoms with Crippen LogP contribution in [-0.4, -0.2) is 29.9 Å². The highest BCUT2D eigenvalue weighted by atomic mass is 32.2. The van der Waals surface area contributed by atoms with Crippen molar-refractivity contribution in [3.8, 4) is 0 Å². The van der Waals surface area contributed by atoms with Gasteiger partial charge in [0.05, 0.1) is 33.8 Å². The summed E-state index contributed by atoms with van der Waals surface area (Å²) in [6, 6.07) is 16.2. The minimum Gasteiger partial charge on any atom is -0.465 e. The summed E-state index contributed by atoms with van der Waals surface area (Å²) >= 11 is 0. The fourth-order valence-corrected chi connectivity index (χ4v) is 4.96. The molecule has 8 nitrogen and oxygen atoms in total. The number of carbonyl (C=O) groups is 1. The molecule has 0 radical (unpaired) electrons. The standard InChI is InChI=1S/C22H22N2O6S2.C2H6/c1-15-4-9-18(10-5-15)31(26,27)23-20-13-8-17(22(25)30-3)14-21(20)24-32(28,29)19-11-6-16(2)7-12-19;1-2/h4-14,23-24H,1-3H3;1-2H3. The minimum absolute atomic E-state index is 0.00693. The molecule has 34 heavy (non-hydrogen) atoms. The third kappa shape index (κ3) is 6.58. The molecular weight excluding hydrogens is 476 g/mol. The van der Waals surface area contributed by atoms with E-state index in [1.165, 1.54) is 49.6 Å². The molecule has 0 aliphatic heterocycles. The van der Waals surface area contributed by atoms with Crippen molar-refractivity contribution in [1.29, 1.82) is 0 Å². The number of methoxy groups -OCH3 is 1. The van der Waals surface area contributed by atoms with Gasteiger partial charge in [0.2, 0.25) is 0 Å².